The summed E-state index contributed by atoms with van der Waals surface area (Å²) in [6.07, 6.45) is 4.81. The highest BCUT2D eigenvalue weighted by Gasteiger charge is 2.20. The van der Waals surface area contributed by atoms with Gasteiger partial charge in [0.2, 0.25) is 0 Å². The summed E-state index contributed by atoms with van der Waals surface area (Å²) in [5.41, 5.74) is 9.95. The highest BCUT2D eigenvalue weighted by molar-refractivity contribution is 9.10. The van der Waals surface area contributed by atoms with Gasteiger partial charge in [-0.25, -0.2) is 4.79 Å². The van der Waals surface area contributed by atoms with E-state index < -0.39 is 17.9 Å². The Bertz CT molecular complexity index is 1340. The molecule has 1 fully saturated rings. The molecule has 3 aromatic carbocycles. The van der Waals surface area contributed by atoms with Crippen LogP contribution in [0.2, 0.25) is 0 Å². The number of esters is 2. The Balaban J connectivity index is 1.29. The van der Waals surface area contributed by atoms with Gasteiger partial charge < -0.3 is 15.2 Å². The monoisotopic (exact) mass is 606 g/mol. The average molecular weight is 608 g/mol. The molecule has 40 heavy (non-hydrogen) atoms. The number of benzene rings is 3. The summed E-state index contributed by atoms with van der Waals surface area (Å²) in [7, 11) is 0. The topological polar surface area (TPSA) is 98.9 Å². The van der Waals surface area contributed by atoms with Crippen LogP contribution in [-0.2, 0) is 20.8 Å². The second-order valence-corrected chi connectivity index (χ2v) is 10.9. The Morgan fingerprint density at radius 1 is 0.850 bits per heavy atom. The van der Waals surface area contributed by atoms with Crippen molar-refractivity contribution in [1.29, 1.82) is 0 Å². The van der Waals surface area contributed by atoms with Crippen molar-refractivity contribution in [2.24, 2.45) is 0 Å². The highest BCUT2D eigenvalue weighted by atomic mass is 79.9. The van der Waals surface area contributed by atoms with Crippen molar-refractivity contribution in [1.82, 2.24) is 4.90 Å². The van der Waals surface area contributed by atoms with Crippen molar-refractivity contribution in [3.05, 3.63) is 99.0 Å². The summed E-state index contributed by atoms with van der Waals surface area (Å²) in [6, 6.07) is 19.4. The minimum atomic E-state index is -0.589. The quantitative estimate of drug-likeness (QED) is 0.128. The van der Waals surface area contributed by atoms with E-state index >= 15 is 0 Å². The summed E-state index contributed by atoms with van der Waals surface area (Å²) in [5.74, 6) is -1.67. The number of halogens is 1. The van der Waals surface area contributed by atoms with Gasteiger partial charge in [0.1, 0.15) is 13.2 Å². The lowest BCUT2D eigenvalue weighted by Crippen LogP contribution is -2.25. The van der Waals surface area contributed by atoms with Gasteiger partial charge in [0.05, 0.1) is 17.2 Å². The van der Waals surface area contributed by atoms with Crippen LogP contribution >= 0.6 is 15.9 Å². The van der Waals surface area contributed by atoms with E-state index in [2.05, 4.69) is 20.8 Å². The summed E-state index contributed by atoms with van der Waals surface area (Å²) < 4.78 is 11.4. The Kier molecular flexibility index (Phi) is 10.5. The molecule has 8 heteroatoms. The minimum absolute atomic E-state index is 0.0751. The molecule has 0 spiro atoms. The first-order valence-corrected chi connectivity index (χ1v) is 14.5. The first-order chi connectivity index (χ1) is 19.3. The molecule has 3 aromatic rings. The molecular formula is C32H35BrN2O5. The molecule has 0 aromatic heterocycles. The van der Waals surface area contributed by atoms with Crippen molar-refractivity contribution in [2.45, 2.75) is 45.1 Å². The number of carbonyl (C=O) groups excluding carboxylic acids is 3. The second kappa shape index (κ2) is 14.2. The molecule has 0 amide bonds. The fourth-order valence-electron chi connectivity index (χ4n) is 4.79. The third kappa shape index (κ3) is 7.79. The highest BCUT2D eigenvalue weighted by Crippen LogP contribution is 2.28. The van der Waals surface area contributed by atoms with Crippen LogP contribution in [0.4, 0.5) is 5.69 Å². The normalized spacial score (nSPS) is 14.7. The van der Waals surface area contributed by atoms with Crippen LogP contribution in [-0.4, -0.2) is 48.9 Å². The van der Waals surface area contributed by atoms with Crippen LogP contribution in [0.15, 0.2) is 71.2 Å². The predicted octanol–water partition coefficient (Wildman–Crippen LogP) is 6.14. The standard InChI is InChI=1S/C32H35BrN2O5/c1-22(24-12-9-13-25(18-24)30(36)23-10-5-4-6-11-23)31(37)39-16-17-40-32(38)26-19-27(29(34)28(33)20-26)21-35-14-7-2-3-8-15-35/h4-6,9-13,18-20,22H,2-3,7-8,14-17,21,34H2,1H3. The number of nitrogens with zero attached hydrogens (tertiary/aromatic N) is 1. The van der Waals surface area contributed by atoms with Gasteiger partial charge in [-0.1, -0.05) is 61.4 Å². The van der Waals surface area contributed by atoms with Gasteiger partial charge >= 0.3 is 11.9 Å². The van der Waals surface area contributed by atoms with Gasteiger partial charge in [-0.15, -0.1) is 0 Å². The zero-order valence-electron chi connectivity index (χ0n) is 22.7. The Hall–Kier alpha value is -3.49. The number of nitrogen functional groups attached to an aromatic ring is 1. The molecule has 1 aliphatic heterocycles. The molecule has 2 N–H and O–H groups in total. The van der Waals surface area contributed by atoms with Crippen molar-refractivity contribution < 1.29 is 23.9 Å². The molecule has 0 saturated carbocycles. The number of rotatable bonds is 10. The SMILES string of the molecule is CC(C(=O)OCCOC(=O)c1cc(Br)c(N)c(CN2CCCCCC2)c1)c1cccc(C(=O)c2ccccc2)c1. The fraction of sp³-hybridized carbons (Fsp3) is 0.344. The smallest absolute Gasteiger partial charge is 0.338 e. The lowest BCUT2D eigenvalue weighted by Gasteiger charge is -2.21. The summed E-state index contributed by atoms with van der Waals surface area (Å²) in [4.78, 5) is 40.6. The van der Waals surface area contributed by atoms with E-state index in [1.807, 2.05) is 18.2 Å². The van der Waals surface area contributed by atoms with E-state index in [0.29, 0.717) is 39.0 Å². The van der Waals surface area contributed by atoms with E-state index in [4.69, 9.17) is 15.2 Å². The van der Waals surface area contributed by atoms with Crippen LogP contribution in [0.1, 0.15) is 75.9 Å². The van der Waals surface area contributed by atoms with E-state index in [1.54, 1.807) is 55.5 Å². The number of anilines is 1. The number of ketones is 1. The molecule has 4 rings (SSSR count). The molecule has 1 atom stereocenters. The van der Waals surface area contributed by atoms with Gasteiger partial charge in [0, 0.05) is 22.1 Å². The molecule has 1 saturated heterocycles. The zero-order chi connectivity index (χ0) is 28.5. The van der Waals surface area contributed by atoms with Gasteiger partial charge in [-0.3, -0.25) is 14.5 Å². The van der Waals surface area contributed by atoms with E-state index in [0.717, 1.165) is 31.5 Å². The number of hydrogen-bond donors (Lipinski definition) is 1. The summed E-state index contributed by atoms with van der Waals surface area (Å²) >= 11 is 3.47. The Labute approximate surface area is 243 Å². The number of hydrogen-bond acceptors (Lipinski definition) is 7. The van der Waals surface area contributed by atoms with E-state index in [1.165, 1.54) is 12.8 Å². The van der Waals surface area contributed by atoms with Crippen LogP contribution < -0.4 is 5.73 Å². The first-order valence-electron chi connectivity index (χ1n) is 13.7. The van der Waals surface area contributed by atoms with Crippen LogP contribution in [0.3, 0.4) is 0 Å². The molecule has 1 aliphatic rings. The van der Waals surface area contributed by atoms with E-state index in [-0.39, 0.29) is 19.0 Å². The van der Waals surface area contributed by atoms with Gasteiger partial charge in [-0.2, -0.15) is 0 Å². The maximum atomic E-state index is 12.8. The van der Waals surface area contributed by atoms with Crippen molar-refractivity contribution in [3.8, 4) is 0 Å². The van der Waals surface area contributed by atoms with Crippen molar-refractivity contribution in [2.75, 3.05) is 32.0 Å². The Morgan fingerprint density at radius 3 is 2.25 bits per heavy atom. The lowest BCUT2D eigenvalue weighted by atomic mass is 9.96. The zero-order valence-corrected chi connectivity index (χ0v) is 24.3. The predicted molar refractivity (Wildman–Crippen MR) is 158 cm³/mol. The molecule has 7 nitrogen and oxygen atoms in total. The van der Waals surface area contributed by atoms with Gasteiger partial charge in [0.25, 0.3) is 0 Å². The number of nitrogens with two attached hydrogens (primary N) is 1. The third-order valence-electron chi connectivity index (χ3n) is 7.14. The fourth-order valence-corrected chi connectivity index (χ4v) is 5.29. The van der Waals surface area contributed by atoms with Crippen LogP contribution in [0.25, 0.3) is 0 Å². The van der Waals surface area contributed by atoms with Crippen LogP contribution in [0, 0.1) is 0 Å². The van der Waals surface area contributed by atoms with Crippen LogP contribution in [0.5, 0.6) is 0 Å². The summed E-state index contributed by atoms with van der Waals surface area (Å²) in [5, 5.41) is 0. The maximum Gasteiger partial charge on any atom is 0.338 e. The van der Waals surface area contributed by atoms with Gasteiger partial charge in [0.15, 0.2) is 5.78 Å². The molecule has 0 aliphatic carbocycles. The minimum Gasteiger partial charge on any atom is -0.462 e. The lowest BCUT2D eigenvalue weighted by molar-refractivity contribution is -0.146. The molecule has 0 radical (unpaired) electrons. The largest absolute Gasteiger partial charge is 0.462 e. The van der Waals surface area contributed by atoms with Crippen molar-refractivity contribution in [3.63, 3.8) is 0 Å². The molecule has 1 heterocycles. The van der Waals surface area contributed by atoms with Crippen molar-refractivity contribution >= 4 is 39.3 Å². The number of carbonyl (C=O) groups is 3. The Morgan fingerprint density at radius 2 is 1.52 bits per heavy atom. The first kappa shape index (κ1) is 29.5. The molecule has 1 unspecified atom stereocenters. The van der Waals surface area contributed by atoms with E-state index in [9.17, 15) is 14.4 Å². The summed E-state index contributed by atoms with van der Waals surface area (Å²) in [6.45, 7) is 4.28. The number of ether oxygens (including phenoxy) is 2. The molecular weight excluding hydrogens is 572 g/mol. The second-order valence-electron chi connectivity index (χ2n) is 10.1. The molecule has 0 bridgehead atoms. The maximum absolute atomic E-state index is 12.8. The van der Waals surface area contributed by atoms with Gasteiger partial charge in [-0.05, 0) is 78.1 Å². The number of likely N-dealkylation sites (tertiary alicyclic amines) is 1. The molecule has 210 valence electrons. The third-order valence-corrected chi connectivity index (χ3v) is 7.80. The average Bonchev–Trinajstić information content (AvgIpc) is 3.25.